The minimum atomic E-state index is -0.944. The van der Waals surface area contributed by atoms with E-state index in [0.29, 0.717) is 19.0 Å². The molecule has 0 bridgehead atoms. The highest BCUT2D eigenvalue weighted by Crippen LogP contribution is 2.21. The normalized spacial score (nSPS) is 22.9. The molecule has 25 heavy (non-hydrogen) atoms. The highest BCUT2D eigenvalue weighted by molar-refractivity contribution is 6.08. The van der Waals surface area contributed by atoms with E-state index in [9.17, 15) is 14.4 Å². The number of carbonyl (C=O) groups excluding carboxylic acids is 3. The number of piperidine rings is 1. The molecule has 4 amide bonds. The van der Waals surface area contributed by atoms with Crippen LogP contribution in [0.4, 0.5) is 4.79 Å². The molecule has 1 N–H and O–H groups in total. The summed E-state index contributed by atoms with van der Waals surface area (Å²) >= 11 is 0. The van der Waals surface area contributed by atoms with Crippen LogP contribution in [0.1, 0.15) is 32.4 Å². The maximum atomic E-state index is 12.6. The third-order valence-electron chi connectivity index (χ3n) is 4.83. The Morgan fingerprint density at radius 2 is 2.16 bits per heavy atom. The first-order valence-corrected chi connectivity index (χ1v) is 8.68. The zero-order chi connectivity index (χ0) is 18.0. The van der Waals surface area contributed by atoms with Crippen molar-refractivity contribution >= 4 is 17.8 Å². The second-order valence-electron chi connectivity index (χ2n) is 7.32. The third-order valence-corrected chi connectivity index (χ3v) is 4.83. The summed E-state index contributed by atoms with van der Waals surface area (Å²) in [7, 11) is 0. The zero-order valence-corrected chi connectivity index (χ0v) is 14.7. The monoisotopic (exact) mass is 344 g/mol. The number of rotatable bonds is 4. The molecule has 2 fully saturated rings. The van der Waals surface area contributed by atoms with Gasteiger partial charge in [0.1, 0.15) is 12.1 Å². The number of carbonyl (C=O) groups is 3. The van der Waals surface area contributed by atoms with Crippen LogP contribution in [0.3, 0.4) is 0 Å². The van der Waals surface area contributed by atoms with Gasteiger partial charge >= 0.3 is 6.03 Å². The van der Waals surface area contributed by atoms with E-state index < -0.39 is 11.6 Å². The lowest BCUT2D eigenvalue weighted by molar-refractivity contribution is -0.139. The Kier molecular flexibility index (Phi) is 4.74. The average molecular weight is 344 g/mol. The molecule has 2 aliphatic rings. The van der Waals surface area contributed by atoms with Crippen molar-refractivity contribution in [3.05, 3.63) is 30.1 Å². The van der Waals surface area contributed by atoms with E-state index in [1.165, 1.54) is 0 Å². The molecule has 1 aromatic rings. The van der Waals surface area contributed by atoms with E-state index >= 15 is 0 Å². The van der Waals surface area contributed by atoms with Gasteiger partial charge in [-0.05, 0) is 51.2 Å². The van der Waals surface area contributed by atoms with E-state index in [4.69, 9.17) is 0 Å². The molecule has 3 rings (SSSR count). The van der Waals surface area contributed by atoms with Crippen molar-refractivity contribution in [2.45, 2.75) is 38.6 Å². The molecule has 2 aliphatic heterocycles. The minimum Gasteiger partial charge on any atom is -0.341 e. The van der Waals surface area contributed by atoms with Gasteiger partial charge in [0.2, 0.25) is 5.91 Å². The van der Waals surface area contributed by atoms with E-state index in [1.807, 2.05) is 18.2 Å². The number of hydrogen-bond donors (Lipinski definition) is 1. The molecule has 0 aliphatic carbocycles. The topological polar surface area (TPSA) is 82.6 Å². The molecule has 2 saturated heterocycles. The molecular weight excluding hydrogens is 320 g/mol. The predicted molar refractivity (Wildman–Crippen MR) is 91.6 cm³/mol. The van der Waals surface area contributed by atoms with Crippen molar-refractivity contribution < 1.29 is 14.4 Å². The van der Waals surface area contributed by atoms with E-state index in [1.54, 1.807) is 24.9 Å². The smallest absolute Gasteiger partial charge is 0.325 e. The highest BCUT2D eigenvalue weighted by Gasteiger charge is 2.45. The van der Waals surface area contributed by atoms with Crippen molar-refractivity contribution in [1.29, 1.82) is 0 Å². The Labute approximate surface area is 147 Å². The van der Waals surface area contributed by atoms with Gasteiger partial charge in [-0.25, -0.2) is 4.79 Å². The quantitative estimate of drug-likeness (QED) is 0.832. The molecule has 0 aromatic carbocycles. The fourth-order valence-corrected chi connectivity index (χ4v) is 3.47. The highest BCUT2D eigenvalue weighted by atomic mass is 16.2. The lowest BCUT2D eigenvalue weighted by Crippen LogP contribution is -2.47. The van der Waals surface area contributed by atoms with Crippen LogP contribution in [0, 0.1) is 5.92 Å². The van der Waals surface area contributed by atoms with Gasteiger partial charge in [0.25, 0.3) is 5.91 Å². The fraction of sp³-hybridized carbons (Fsp3) is 0.556. The Morgan fingerprint density at radius 1 is 1.36 bits per heavy atom. The molecule has 7 nitrogen and oxygen atoms in total. The van der Waals surface area contributed by atoms with Gasteiger partial charge in [-0.2, -0.15) is 0 Å². The van der Waals surface area contributed by atoms with Crippen LogP contribution in [-0.4, -0.2) is 57.8 Å². The summed E-state index contributed by atoms with van der Waals surface area (Å²) in [6.45, 7) is 4.40. The number of likely N-dealkylation sites (tertiary alicyclic amines) is 1. The summed E-state index contributed by atoms with van der Waals surface area (Å²) in [4.78, 5) is 43.9. The van der Waals surface area contributed by atoms with Crippen LogP contribution in [0.15, 0.2) is 24.4 Å². The van der Waals surface area contributed by atoms with E-state index in [0.717, 1.165) is 29.9 Å². The molecule has 0 saturated carbocycles. The first kappa shape index (κ1) is 17.4. The number of aromatic nitrogens is 1. The lowest BCUT2D eigenvalue weighted by atomic mass is 9.93. The molecule has 0 radical (unpaired) electrons. The third kappa shape index (κ3) is 3.81. The molecule has 3 heterocycles. The number of amides is 4. The Hall–Kier alpha value is -2.44. The van der Waals surface area contributed by atoms with Crippen LogP contribution < -0.4 is 5.32 Å². The lowest BCUT2D eigenvalue weighted by Gasteiger charge is -2.33. The second-order valence-corrected chi connectivity index (χ2v) is 7.32. The van der Waals surface area contributed by atoms with E-state index in [-0.39, 0.29) is 18.4 Å². The summed E-state index contributed by atoms with van der Waals surface area (Å²) < 4.78 is 0. The fourth-order valence-electron chi connectivity index (χ4n) is 3.47. The van der Waals surface area contributed by atoms with Gasteiger partial charge in [-0.15, -0.1) is 0 Å². The summed E-state index contributed by atoms with van der Waals surface area (Å²) in [5, 5.41) is 2.60. The van der Waals surface area contributed by atoms with Gasteiger partial charge in [0.15, 0.2) is 0 Å². The van der Waals surface area contributed by atoms with Crippen molar-refractivity contribution in [3.8, 4) is 0 Å². The van der Waals surface area contributed by atoms with Crippen LogP contribution in [0.2, 0.25) is 0 Å². The molecule has 1 aromatic heterocycles. The number of imide groups is 1. The molecule has 0 unspecified atom stereocenters. The number of pyridine rings is 1. The SMILES string of the molecule is CC1(C)NC(=O)N(CC(=O)N2CCC[C@H](Cc3ccccn3)C2)C1=O. The minimum absolute atomic E-state index is 0.174. The van der Waals surface area contributed by atoms with Crippen molar-refractivity contribution in [3.63, 3.8) is 0 Å². The van der Waals surface area contributed by atoms with Gasteiger partial charge in [0, 0.05) is 25.0 Å². The molecule has 7 heteroatoms. The van der Waals surface area contributed by atoms with Crippen molar-refractivity contribution in [2.24, 2.45) is 5.92 Å². The maximum absolute atomic E-state index is 12.6. The average Bonchev–Trinajstić information content (AvgIpc) is 2.78. The number of hydrogen-bond acceptors (Lipinski definition) is 4. The van der Waals surface area contributed by atoms with Gasteiger partial charge in [0.05, 0.1) is 0 Å². The van der Waals surface area contributed by atoms with Crippen LogP contribution >= 0.6 is 0 Å². The zero-order valence-electron chi connectivity index (χ0n) is 14.7. The van der Waals surface area contributed by atoms with Gasteiger partial charge in [-0.1, -0.05) is 6.07 Å². The molecular formula is C18H24N4O3. The Morgan fingerprint density at radius 3 is 2.80 bits per heavy atom. The van der Waals surface area contributed by atoms with Crippen LogP contribution in [0.25, 0.3) is 0 Å². The predicted octanol–water partition coefficient (Wildman–Crippen LogP) is 1.19. The van der Waals surface area contributed by atoms with Crippen molar-refractivity contribution in [2.75, 3.05) is 19.6 Å². The summed E-state index contributed by atoms with van der Waals surface area (Å²) in [5.74, 6) is -0.174. The summed E-state index contributed by atoms with van der Waals surface area (Å²) in [6, 6.07) is 5.36. The Bertz CT molecular complexity index is 674. The first-order chi connectivity index (χ1) is 11.9. The van der Waals surface area contributed by atoms with Crippen molar-refractivity contribution in [1.82, 2.24) is 20.1 Å². The molecule has 134 valence electrons. The number of nitrogens with zero attached hydrogens (tertiary/aromatic N) is 3. The second kappa shape index (κ2) is 6.82. The summed E-state index contributed by atoms with van der Waals surface area (Å²) in [5.41, 5.74) is 0.0819. The first-order valence-electron chi connectivity index (χ1n) is 8.68. The number of nitrogens with one attached hydrogen (secondary N) is 1. The molecule has 1 atom stereocenters. The van der Waals surface area contributed by atoms with Crippen LogP contribution in [-0.2, 0) is 16.0 Å². The largest absolute Gasteiger partial charge is 0.341 e. The maximum Gasteiger partial charge on any atom is 0.325 e. The molecule has 0 spiro atoms. The van der Waals surface area contributed by atoms with Gasteiger partial charge < -0.3 is 10.2 Å². The number of urea groups is 1. The van der Waals surface area contributed by atoms with Gasteiger partial charge in [-0.3, -0.25) is 19.5 Å². The Balaban J connectivity index is 1.59. The van der Waals surface area contributed by atoms with E-state index in [2.05, 4.69) is 10.3 Å². The standard InChI is InChI=1S/C18H24N4O3/c1-18(2)16(24)22(17(25)20-18)12-15(23)21-9-5-6-13(11-21)10-14-7-3-4-8-19-14/h3-4,7-8,13H,5-6,9-12H2,1-2H3,(H,20,25)/t13-/m1/s1. The summed E-state index contributed by atoms with van der Waals surface area (Å²) in [6.07, 6.45) is 4.59. The van der Waals surface area contributed by atoms with Crippen LogP contribution in [0.5, 0.6) is 0 Å².